The van der Waals surface area contributed by atoms with Gasteiger partial charge in [0.05, 0.1) is 6.61 Å². The molecule has 1 aromatic carbocycles. The summed E-state index contributed by atoms with van der Waals surface area (Å²) < 4.78 is 5.72. The van der Waals surface area contributed by atoms with E-state index in [9.17, 15) is 0 Å². The fourth-order valence-corrected chi connectivity index (χ4v) is 2.05. The molecule has 0 heterocycles. The van der Waals surface area contributed by atoms with Gasteiger partial charge in [0.15, 0.2) is 0 Å². The Morgan fingerprint density at radius 3 is 2.53 bits per heavy atom. The average molecular weight is 263 g/mol. The van der Waals surface area contributed by atoms with Crippen molar-refractivity contribution in [2.24, 2.45) is 0 Å². The molecule has 0 bridgehead atoms. The molecule has 2 heteroatoms. The van der Waals surface area contributed by atoms with E-state index in [1.54, 1.807) is 0 Å². The highest BCUT2D eigenvalue weighted by Gasteiger charge is 1.94. The van der Waals surface area contributed by atoms with Gasteiger partial charge in [-0.1, -0.05) is 38.3 Å². The molecular weight excluding hydrogens is 234 g/mol. The summed E-state index contributed by atoms with van der Waals surface area (Å²) in [6.45, 7) is 7.44. The van der Waals surface area contributed by atoms with Gasteiger partial charge in [0.25, 0.3) is 0 Å². The Hall–Kier alpha value is -1.02. The predicted molar refractivity (Wildman–Crippen MR) is 82.9 cm³/mol. The van der Waals surface area contributed by atoms with Crippen LogP contribution in [-0.4, -0.2) is 19.7 Å². The van der Waals surface area contributed by atoms with E-state index in [4.69, 9.17) is 4.74 Å². The van der Waals surface area contributed by atoms with E-state index in [0.717, 1.165) is 25.3 Å². The molecule has 108 valence electrons. The molecule has 0 aliphatic carbocycles. The zero-order valence-corrected chi connectivity index (χ0v) is 12.6. The highest BCUT2D eigenvalue weighted by molar-refractivity contribution is 5.27. The number of aryl methyl sites for hydroxylation is 1. The van der Waals surface area contributed by atoms with Gasteiger partial charge in [-0.05, 0) is 57.0 Å². The third kappa shape index (κ3) is 8.66. The number of ether oxygens (including phenoxy) is 1. The van der Waals surface area contributed by atoms with E-state index >= 15 is 0 Å². The molecule has 0 saturated carbocycles. The van der Waals surface area contributed by atoms with Gasteiger partial charge in [-0.3, -0.25) is 0 Å². The highest BCUT2D eigenvalue weighted by Crippen LogP contribution is 2.12. The van der Waals surface area contributed by atoms with Crippen LogP contribution in [0, 0.1) is 6.92 Å². The van der Waals surface area contributed by atoms with Crippen molar-refractivity contribution in [1.82, 2.24) is 5.32 Å². The van der Waals surface area contributed by atoms with Crippen molar-refractivity contribution in [2.75, 3.05) is 19.7 Å². The first-order valence-corrected chi connectivity index (χ1v) is 7.73. The summed E-state index contributed by atoms with van der Waals surface area (Å²) in [4.78, 5) is 0. The molecule has 1 aromatic rings. The number of hydrogen-bond acceptors (Lipinski definition) is 2. The van der Waals surface area contributed by atoms with Crippen LogP contribution in [0.2, 0.25) is 0 Å². The molecule has 0 amide bonds. The number of rotatable bonds is 11. The molecule has 0 unspecified atom stereocenters. The number of nitrogens with one attached hydrogen (secondary N) is 1. The molecule has 0 atom stereocenters. The van der Waals surface area contributed by atoms with E-state index in [-0.39, 0.29) is 0 Å². The van der Waals surface area contributed by atoms with Crippen LogP contribution in [0.25, 0.3) is 0 Å². The molecule has 0 saturated heterocycles. The molecule has 0 fully saturated rings. The lowest BCUT2D eigenvalue weighted by molar-refractivity contribution is 0.305. The van der Waals surface area contributed by atoms with E-state index in [0.29, 0.717) is 0 Å². The van der Waals surface area contributed by atoms with Gasteiger partial charge in [-0.15, -0.1) is 0 Å². The summed E-state index contributed by atoms with van der Waals surface area (Å²) in [7, 11) is 0. The zero-order chi connectivity index (χ0) is 13.8. The summed E-state index contributed by atoms with van der Waals surface area (Å²) in [6, 6.07) is 8.25. The number of benzene rings is 1. The second-order valence-electron chi connectivity index (χ2n) is 5.18. The normalized spacial score (nSPS) is 10.6. The molecular formula is C17H29NO. The molecule has 1 N–H and O–H groups in total. The van der Waals surface area contributed by atoms with Crippen molar-refractivity contribution >= 4 is 0 Å². The van der Waals surface area contributed by atoms with E-state index in [1.165, 1.54) is 44.2 Å². The maximum absolute atomic E-state index is 5.72. The molecule has 0 aliphatic heterocycles. The van der Waals surface area contributed by atoms with Crippen LogP contribution in [0.1, 0.15) is 51.0 Å². The molecule has 0 aliphatic rings. The number of unbranched alkanes of at least 4 members (excludes halogenated alkanes) is 4. The summed E-state index contributed by atoms with van der Waals surface area (Å²) >= 11 is 0. The molecule has 0 spiro atoms. The van der Waals surface area contributed by atoms with Crippen molar-refractivity contribution in [3.05, 3.63) is 29.8 Å². The first-order valence-electron chi connectivity index (χ1n) is 7.73. The van der Waals surface area contributed by atoms with Crippen LogP contribution in [-0.2, 0) is 0 Å². The van der Waals surface area contributed by atoms with E-state index in [1.807, 2.05) is 12.1 Å². The van der Waals surface area contributed by atoms with Gasteiger partial charge in [0, 0.05) is 0 Å². The highest BCUT2D eigenvalue weighted by atomic mass is 16.5. The molecule has 0 aromatic heterocycles. The average Bonchev–Trinajstić information content (AvgIpc) is 2.41. The maximum atomic E-state index is 5.72. The van der Waals surface area contributed by atoms with Crippen LogP contribution in [0.15, 0.2) is 24.3 Å². The molecule has 19 heavy (non-hydrogen) atoms. The van der Waals surface area contributed by atoms with Gasteiger partial charge in [-0.25, -0.2) is 0 Å². The quantitative estimate of drug-likeness (QED) is 0.600. The topological polar surface area (TPSA) is 21.3 Å². The van der Waals surface area contributed by atoms with Crippen LogP contribution in [0.5, 0.6) is 5.75 Å². The van der Waals surface area contributed by atoms with Crippen molar-refractivity contribution < 1.29 is 4.74 Å². The Kier molecular flexibility index (Phi) is 9.17. The van der Waals surface area contributed by atoms with Gasteiger partial charge in [-0.2, -0.15) is 0 Å². The van der Waals surface area contributed by atoms with Crippen molar-refractivity contribution in [3.8, 4) is 5.75 Å². The summed E-state index contributed by atoms with van der Waals surface area (Å²) in [5.74, 6) is 0.993. The van der Waals surface area contributed by atoms with Crippen molar-refractivity contribution in [3.63, 3.8) is 0 Å². The Bertz CT molecular complexity index is 325. The lowest BCUT2D eigenvalue weighted by Gasteiger charge is -2.07. The second kappa shape index (κ2) is 10.9. The van der Waals surface area contributed by atoms with Gasteiger partial charge in [0.2, 0.25) is 0 Å². The van der Waals surface area contributed by atoms with Crippen LogP contribution >= 0.6 is 0 Å². The first kappa shape index (κ1) is 16.0. The fraction of sp³-hybridized carbons (Fsp3) is 0.647. The van der Waals surface area contributed by atoms with Gasteiger partial charge >= 0.3 is 0 Å². The second-order valence-corrected chi connectivity index (χ2v) is 5.18. The van der Waals surface area contributed by atoms with Crippen molar-refractivity contribution in [1.29, 1.82) is 0 Å². The largest absolute Gasteiger partial charge is 0.494 e. The summed E-state index contributed by atoms with van der Waals surface area (Å²) in [6.07, 6.45) is 7.67. The van der Waals surface area contributed by atoms with E-state index in [2.05, 4.69) is 31.3 Å². The third-order valence-electron chi connectivity index (χ3n) is 3.21. The predicted octanol–water partition coefficient (Wildman–Crippen LogP) is 4.32. The minimum absolute atomic E-state index is 0.820. The molecule has 2 nitrogen and oxygen atoms in total. The Morgan fingerprint density at radius 1 is 1.00 bits per heavy atom. The van der Waals surface area contributed by atoms with Crippen LogP contribution in [0.4, 0.5) is 0 Å². The van der Waals surface area contributed by atoms with Gasteiger partial charge in [0.1, 0.15) is 5.75 Å². The Morgan fingerprint density at radius 2 is 1.79 bits per heavy atom. The van der Waals surface area contributed by atoms with Gasteiger partial charge < -0.3 is 10.1 Å². The van der Waals surface area contributed by atoms with Crippen LogP contribution in [0.3, 0.4) is 0 Å². The zero-order valence-electron chi connectivity index (χ0n) is 12.6. The fourth-order valence-electron chi connectivity index (χ4n) is 2.05. The smallest absolute Gasteiger partial charge is 0.119 e. The summed E-state index contributed by atoms with van der Waals surface area (Å²) in [5.41, 5.74) is 1.26. The lowest BCUT2D eigenvalue weighted by Crippen LogP contribution is -2.17. The SMILES string of the molecule is CCCCCCNCCCCOc1cccc(C)c1. The third-order valence-corrected chi connectivity index (χ3v) is 3.21. The minimum Gasteiger partial charge on any atom is -0.494 e. The lowest BCUT2D eigenvalue weighted by atomic mass is 10.2. The monoisotopic (exact) mass is 263 g/mol. The molecule has 0 radical (unpaired) electrons. The van der Waals surface area contributed by atoms with Crippen LogP contribution < -0.4 is 10.1 Å². The Labute approximate surface area is 118 Å². The van der Waals surface area contributed by atoms with E-state index < -0.39 is 0 Å². The minimum atomic E-state index is 0.820. The summed E-state index contributed by atoms with van der Waals surface area (Å²) in [5, 5.41) is 3.50. The first-order chi connectivity index (χ1) is 9.33. The van der Waals surface area contributed by atoms with Crippen molar-refractivity contribution in [2.45, 2.75) is 52.4 Å². The maximum Gasteiger partial charge on any atom is 0.119 e. The molecule has 1 rings (SSSR count). The standard InChI is InChI=1S/C17H29NO/c1-3-4-5-6-12-18-13-7-8-14-19-17-11-9-10-16(2)15-17/h9-11,15,18H,3-8,12-14H2,1-2H3. The number of hydrogen-bond donors (Lipinski definition) is 1. The Balaban J connectivity index is 1.89.